The van der Waals surface area contributed by atoms with Gasteiger partial charge in [-0.25, -0.2) is 13.4 Å². The fourth-order valence-corrected chi connectivity index (χ4v) is 3.58. The second-order valence-electron chi connectivity index (χ2n) is 5.05. The van der Waals surface area contributed by atoms with Crippen LogP contribution in [0.3, 0.4) is 0 Å². The minimum Gasteiger partial charge on any atom is -0.274 e. The smallest absolute Gasteiger partial charge is 0.239 e. The fourth-order valence-electron chi connectivity index (χ4n) is 1.74. The number of aromatic nitrogens is 1. The molecule has 0 radical (unpaired) electrons. The van der Waals surface area contributed by atoms with E-state index < -0.39 is 21.2 Å². The second-order valence-corrected chi connectivity index (χ2v) is 8.21. The van der Waals surface area contributed by atoms with Crippen LogP contribution in [0.15, 0.2) is 5.38 Å². The highest BCUT2D eigenvalue weighted by atomic mass is 32.2. The highest BCUT2D eigenvalue weighted by molar-refractivity contribution is 7.90. The fraction of sp³-hybridized carbons (Fsp3) is 0.667. The van der Waals surface area contributed by atoms with E-state index in [-0.39, 0.29) is 12.3 Å². The van der Waals surface area contributed by atoms with E-state index >= 15 is 0 Å². The van der Waals surface area contributed by atoms with Gasteiger partial charge in [-0.2, -0.15) is 0 Å². The number of carbonyl (C=O) groups is 1. The van der Waals surface area contributed by atoms with E-state index in [4.69, 9.17) is 0 Å². The molecule has 0 aliphatic carbocycles. The Morgan fingerprint density at radius 2 is 2.05 bits per heavy atom. The van der Waals surface area contributed by atoms with Crippen molar-refractivity contribution in [2.45, 2.75) is 45.8 Å². The van der Waals surface area contributed by atoms with Crippen LogP contribution in [0.25, 0.3) is 0 Å². The van der Waals surface area contributed by atoms with Crippen LogP contribution in [0, 0.1) is 12.8 Å². The van der Waals surface area contributed by atoms with Crippen molar-refractivity contribution in [1.82, 2.24) is 9.71 Å². The van der Waals surface area contributed by atoms with Gasteiger partial charge in [0.15, 0.2) is 0 Å². The molecule has 1 unspecified atom stereocenters. The van der Waals surface area contributed by atoms with Crippen molar-refractivity contribution in [3.8, 4) is 0 Å². The summed E-state index contributed by atoms with van der Waals surface area (Å²) in [6, 6.07) is 0. The number of thiazole rings is 1. The van der Waals surface area contributed by atoms with Gasteiger partial charge in [-0.3, -0.25) is 9.52 Å². The van der Waals surface area contributed by atoms with Crippen molar-refractivity contribution in [2.75, 3.05) is 0 Å². The van der Waals surface area contributed by atoms with Gasteiger partial charge < -0.3 is 0 Å². The zero-order chi connectivity index (χ0) is 14.6. The van der Waals surface area contributed by atoms with Gasteiger partial charge in [0, 0.05) is 5.38 Å². The molecule has 1 rings (SSSR count). The minimum atomic E-state index is -3.59. The van der Waals surface area contributed by atoms with Crippen LogP contribution < -0.4 is 4.72 Å². The molecule has 0 bridgehead atoms. The molecule has 1 aromatic heterocycles. The topological polar surface area (TPSA) is 76.1 Å². The average molecular weight is 304 g/mol. The molecule has 0 saturated carbocycles. The zero-order valence-electron chi connectivity index (χ0n) is 11.6. The number of nitrogens with one attached hydrogen (secondary N) is 1. The van der Waals surface area contributed by atoms with E-state index in [1.165, 1.54) is 11.3 Å². The molecule has 0 aliphatic heterocycles. The lowest BCUT2D eigenvalue weighted by Gasteiger charge is -2.15. The molecule has 108 valence electrons. The lowest BCUT2D eigenvalue weighted by Crippen LogP contribution is -2.38. The van der Waals surface area contributed by atoms with Crippen molar-refractivity contribution in [2.24, 2.45) is 5.92 Å². The van der Waals surface area contributed by atoms with Crippen LogP contribution in [0.5, 0.6) is 0 Å². The van der Waals surface area contributed by atoms with E-state index in [2.05, 4.69) is 9.71 Å². The normalized spacial score (nSPS) is 13.5. The number of rotatable bonds is 6. The van der Waals surface area contributed by atoms with Crippen molar-refractivity contribution in [3.63, 3.8) is 0 Å². The molecule has 5 nitrogen and oxygen atoms in total. The van der Waals surface area contributed by atoms with Crippen molar-refractivity contribution in [3.05, 3.63) is 16.1 Å². The first-order valence-corrected chi connectivity index (χ1v) is 8.58. The first-order valence-electron chi connectivity index (χ1n) is 6.16. The summed E-state index contributed by atoms with van der Waals surface area (Å²) in [5, 5.41) is 2.05. The van der Waals surface area contributed by atoms with Crippen molar-refractivity contribution < 1.29 is 13.2 Å². The van der Waals surface area contributed by atoms with Gasteiger partial charge in [0.05, 0.1) is 22.4 Å². The standard InChI is InChI=1S/C12H20N2O3S2/c1-8(2)5-9(3)19(16,17)14-12(15)6-11-7-18-10(4)13-11/h7-9H,5-6H2,1-4H3,(H,14,15). The number of nitrogens with zero attached hydrogens (tertiary/aromatic N) is 1. The molecule has 1 heterocycles. The van der Waals surface area contributed by atoms with Gasteiger partial charge in [0.1, 0.15) is 0 Å². The molecule has 1 atom stereocenters. The molecule has 0 aliphatic rings. The third kappa shape index (κ3) is 5.28. The Labute approximate surface area is 118 Å². The van der Waals surface area contributed by atoms with Crippen LogP contribution in [0.2, 0.25) is 0 Å². The molecule has 1 aromatic rings. The molecular formula is C12H20N2O3S2. The molecule has 1 amide bonds. The van der Waals surface area contributed by atoms with E-state index in [9.17, 15) is 13.2 Å². The summed E-state index contributed by atoms with van der Waals surface area (Å²) >= 11 is 1.44. The Hall–Kier alpha value is -0.950. The summed E-state index contributed by atoms with van der Waals surface area (Å²) < 4.78 is 26.0. The van der Waals surface area contributed by atoms with Crippen LogP contribution in [0.1, 0.15) is 37.9 Å². The van der Waals surface area contributed by atoms with Crippen LogP contribution >= 0.6 is 11.3 Å². The predicted octanol–water partition coefficient (Wildman–Crippen LogP) is 1.87. The summed E-state index contributed by atoms with van der Waals surface area (Å²) in [5.74, 6) is -0.260. The van der Waals surface area contributed by atoms with Crippen molar-refractivity contribution in [1.29, 1.82) is 0 Å². The number of carbonyl (C=O) groups excluding carboxylic acids is 1. The van der Waals surface area contributed by atoms with Gasteiger partial charge >= 0.3 is 0 Å². The minimum absolute atomic E-state index is 0.00202. The number of amides is 1. The summed E-state index contributed by atoms with van der Waals surface area (Å²) in [4.78, 5) is 15.8. The van der Waals surface area contributed by atoms with E-state index in [0.29, 0.717) is 12.1 Å². The van der Waals surface area contributed by atoms with E-state index in [1.54, 1.807) is 12.3 Å². The summed E-state index contributed by atoms with van der Waals surface area (Å²) in [6.07, 6.45) is 0.524. The van der Waals surface area contributed by atoms with Gasteiger partial charge in [-0.05, 0) is 26.2 Å². The van der Waals surface area contributed by atoms with E-state index in [1.807, 2.05) is 20.8 Å². The number of hydrogen-bond donors (Lipinski definition) is 1. The van der Waals surface area contributed by atoms with Crippen LogP contribution in [-0.4, -0.2) is 24.6 Å². The molecular weight excluding hydrogens is 284 g/mol. The molecule has 19 heavy (non-hydrogen) atoms. The summed E-state index contributed by atoms with van der Waals surface area (Å²) in [7, 11) is -3.59. The third-order valence-electron chi connectivity index (χ3n) is 2.60. The second kappa shape index (κ2) is 6.47. The largest absolute Gasteiger partial charge is 0.274 e. The molecule has 0 spiro atoms. The lowest BCUT2D eigenvalue weighted by atomic mass is 10.1. The maximum absolute atomic E-state index is 11.9. The van der Waals surface area contributed by atoms with E-state index in [0.717, 1.165) is 5.01 Å². The number of aryl methyl sites for hydroxylation is 1. The quantitative estimate of drug-likeness (QED) is 0.870. The predicted molar refractivity (Wildman–Crippen MR) is 76.5 cm³/mol. The first-order chi connectivity index (χ1) is 8.70. The average Bonchev–Trinajstić information content (AvgIpc) is 2.61. The molecule has 0 saturated heterocycles. The lowest BCUT2D eigenvalue weighted by molar-refractivity contribution is -0.118. The monoisotopic (exact) mass is 304 g/mol. The molecule has 0 fully saturated rings. The Bertz CT molecular complexity index is 535. The highest BCUT2D eigenvalue weighted by Crippen LogP contribution is 2.12. The van der Waals surface area contributed by atoms with Crippen LogP contribution in [-0.2, 0) is 21.2 Å². The SMILES string of the molecule is Cc1nc(CC(=O)NS(=O)(=O)C(C)CC(C)C)cs1. The first kappa shape index (κ1) is 16.1. The van der Waals surface area contributed by atoms with Gasteiger partial charge in [-0.1, -0.05) is 13.8 Å². The molecule has 1 N–H and O–H groups in total. The maximum Gasteiger partial charge on any atom is 0.239 e. The highest BCUT2D eigenvalue weighted by Gasteiger charge is 2.24. The van der Waals surface area contributed by atoms with Crippen LogP contribution in [0.4, 0.5) is 0 Å². The van der Waals surface area contributed by atoms with Gasteiger partial charge in [0.25, 0.3) is 0 Å². The Morgan fingerprint density at radius 1 is 1.42 bits per heavy atom. The summed E-state index contributed by atoms with van der Waals surface area (Å²) in [6.45, 7) is 7.36. The van der Waals surface area contributed by atoms with Crippen molar-refractivity contribution >= 4 is 27.3 Å². The van der Waals surface area contributed by atoms with Gasteiger partial charge in [0.2, 0.25) is 15.9 Å². The third-order valence-corrected chi connectivity index (χ3v) is 5.18. The Morgan fingerprint density at radius 3 is 2.53 bits per heavy atom. The number of hydrogen-bond acceptors (Lipinski definition) is 5. The summed E-state index contributed by atoms with van der Waals surface area (Å²) in [5.41, 5.74) is 0.603. The Balaban J connectivity index is 2.60. The molecule has 0 aromatic carbocycles. The Kier molecular flexibility index (Phi) is 5.49. The van der Waals surface area contributed by atoms with Gasteiger partial charge in [-0.15, -0.1) is 11.3 Å². The maximum atomic E-state index is 11.9. The zero-order valence-corrected chi connectivity index (χ0v) is 13.3. The molecule has 7 heteroatoms. The number of sulfonamides is 1.